The maximum absolute atomic E-state index is 12.6. The number of hydrogen-bond donors (Lipinski definition) is 2. The van der Waals surface area contributed by atoms with Crippen molar-refractivity contribution in [3.63, 3.8) is 0 Å². The smallest absolute Gasteiger partial charge is 0.261 e. The molecule has 0 saturated heterocycles. The topological polar surface area (TPSA) is 68.8 Å². The van der Waals surface area contributed by atoms with Gasteiger partial charge < -0.3 is 19.5 Å². The summed E-state index contributed by atoms with van der Waals surface area (Å²) in [5.74, 6) is 0.898. The molecule has 156 valence electrons. The van der Waals surface area contributed by atoms with Crippen LogP contribution in [-0.4, -0.2) is 37.4 Å². The van der Waals surface area contributed by atoms with Crippen molar-refractivity contribution in [2.45, 2.75) is 26.7 Å². The van der Waals surface area contributed by atoms with Crippen LogP contribution in [0.3, 0.4) is 0 Å². The SMILES string of the molecule is CCCCOc1cccc(NC(=S)NC(=O)c2ccccc2OCCOCC)c1. The lowest BCUT2D eigenvalue weighted by molar-refractivity contribution is 0.0958. The first kappa shape index (κ1) is 22.6. The maximum Gasteiger partial charge on any atom is 0.261 e. The van der Waals surface area contributed by atoms with Crippen LogP contribution < -0.4 is 20.1 Å². The van der Waals surface area contributed by atoms with Crippen molar-refractivity contribution < 1.29 is 19.0 Å². The van der Waals surface area contributed by atoms with Gasteiger partial charge in [-0.25, -0.2) is 0 Å². The molecule has 0 bridgehead atoms. The quantitative estimate of drug-likeness (QED) is 0.418. The second-order valence-corrected chi connectivity index (χ2v) is 6.59. The van der Waals surface area contributed by atoms with Gasteiger partial charge in [0.25, 0.3) is 5.91 Å². The van der Waals surface area contributed by atoms with E-state index >= 15 is 0 Å². The third-order valence-corrected chi connectivity index (χ3v) is 4.11. The van der Waals surface area contributed by atoms with Gasteiger partial charge in [0, 0.05) is 18.4 Å². The van der Waals surface area contributed by atoms with E-state index < -0.39 is 0 Å². The van der Waals surface area contributed by atoms with Gasteiger partial charge in [-0.3, -0.25) is 10.1 Å². The van der Waals surface area contributed by atoms with Gasteiger partial charge in [-0.1, -0.05) is 31.5 Å². The van der Waals surface area contributed by atoms with E-state index in [-0.39, 0.29) is 11.0 Å². The van der Waals surface area contributed by atoms with Crippen molar-refractivity contribution >= 4 is 28.9 Å². The third kappa shape index (κ3) is 8.09. The number of nitrogens with one attached hydrogen (secondary N) is 2. The van der Waals surface area contributed by atoms with E-state index in [0.29, 0.717) is 37.7 Å². The number of rotatable bonds is 11. The summed E-state index contributed by atoms with van der Waals surface area (Å²) in [5.41, 5.74) is 1.15. The lowest BCUT2D eigenvalue weighted by Crippen LogP contribution is -2.34. The Bertz CT molecular complexity index is 798. The molecule has 6 nitrogen and oxygen atoms in total. The van der Waals surface area contributed by atoms with Gasteiger partial charge >= 0.3 is 0 Å². The maximum atomic E-state index is 12.6. The lowest BCUT2D eigenvalue weighted by atomic mass is 10.2. The highest BCUT2D eigenvalue weighted by Gasteiger charge is 2.13. The van der Waals surface area contributed by atoms with Crippen LogP contribution in [0.15, 0.2) is 48.5 Å². The van der Waals surface area contributed by atoms with E-state index in [1.807, 2.05) is 37.3 Å². The van der Waals surface area contributed by atoms with Gasteiger partial charge in [-0.2, -0.15) is 0 Å². The van der Waals surface area contributed by atoms with E-state index in [1.54, 1.807) is 18.2 Å². The van der Waals surface area contributed by atoms with Gasteiger partial charge in [-0.05, 0) is 49.8 Å². The van der Waals surface area contributed by atoms with Gasteiger partial charge in [-0.15, -0.1) is 0 Å². The lowest BCUT2D eigenvalue weighted by Gasteiger charge is -2.13. The average Bonchev–Trinajstić information content (AvgIpc) is 2.72. The second kappa shape index (κ2) is 12.7. The first-order valence-corrected chi connectivity index (χ1v) is 10.2. The highest BCUT2D eigenvalue weighted by molar-refractivity contribution is 7.80. The number of carbonyl (C=O) groups is 1. The number of benzene rings is 2. The Balaban J connectivity index is 1.92. The summed E-state index contributed by atoms with van der Waals surface area (Å²) in [5, 5.41) is 5.90. The fourth-order valence-electron chi connectivity index (χ4n) is 2.47. The van der Waals surface area contributed by atoms with E-state index in [2.05, 4.69) is 17.6 Å². The number of thiocarbonyl (C=S) groups is 1. The normalized spacial score (nSPS) is 10.3. The Morgan fingerprint density at radius 3 is 2.62 bits per heavy atom. The minimum absolute atomic E-state index is 0.199. The fourth-order valence-corrected chi connectivity index (χ4v) is 2.68. The molecule has 29 heavy (non-hydrogen) atoms. The van der Waals surface area contributed by atoms with Crippen molar-refractivity contribution in [3.05, 3.63) is 54.1 Å². The molecule has 0 aromatic heterocycles. The molecule has 0 aliphatic carbocycles. The molecule has 2 aromatic carbocycles. The van der Waals surface area contributed by atoms with Crippen molar-refractivity contribution in [1.82, 2.24) is 5.32 Å². The number of anilines is 1. The summed E-state index contributed by atoms with van der Waals surface area (Å²) in [7, 11) is 0. The highest BCUT2D eigenvalue weighted by Crippen LogP contribution is 2.19. The molecular formula is C22H28N2O4S. The van der Waals surface area contributed by atoms with E-state index in [0.717, 1.165) is 24.3 Å². The zero-order valence-corrected chi connectivity index (χ0v) is 17.7. The second-order valence-electron chi connectivity index (χ2n) is 6.18. The van der Waals surface area contributed by atoms with Crippen LogP contribution in [0, 0.1) is 0 Å². The largest absolute Gasteiger partial charge is 0.494 e. The Morgan fingerprint density at radius 2 is 1.83 bits per heavy atom. The first-order chi connectivity index (χ1) is 14.1. The number of amides is 1. The molecule has 1 amide bonds. The summed E-state index contributed by atoms with van der Waals surface area (Å²) >= 11 is 5.28. The molecule has 7 heteroatoms. The van der Waals surface area contributed by atoms with Crippen LogP contribution in [0.1, 0.15) is 37.0 Å². The molecule has 2 N–H and O–H groups in total. The van der Waals surface area contributed by atoms with Crippen molar-refractivity contribution in [1.29, 1.82) is 0 Å². The van der Waals surface area contributed by atoms with Crippen molar-refractivity contribution in [3.8, 4) is 11.5 Å². The number of carbonyl (C=O) groups excluding carboxylic acids is 1. The summed E-state index contributed by atoms with van der Waals surface area (Å²) < 4.78 is 16.6. The van der Waals surface area contributed by atoms with Crippen LogP contribution >= 0.6 is 12.2 Å². The van der Waals surface area contributed by atoms with E-state index in [1.165, 1.54) is 0 Å². The summed E-state index contributed by atoms with van der Waals surface area (Å²) in [6.45, 7) is 6.15. The molecule has 0 saturated carbocycles. The Kier molecular flexibility index (Phi) is 9.95. The van der Waals surface area contributed by atoms with Crippen LogP contribution in [0.2, 0.25) is 0 Å². The van der Waals surface area contributed by atoms with Gasteiger partial charge in [0.1, 0.15) is 18.1 Å². The number of unbranched alkanes of at least 4 members (excludes halogenated alkanes) is 1. The molecule has 0 spiro atoms. The van der Waals surface area contributed by atoms with Crippen LogP contribution in [0.5, 0.6) is 11.5 Å². The van der Waals surface area contributed by atoms with Gasteiger partial charge in [0.15, 0.2) is 5.11 Å². The molecule has 0 fully saturated rings. The van der Waals surface area contributed by atoms with Crippen LogP contribution in [-0.2, 0) is 4.74 Å². The van der Waals surface area contributed by atoms with Crippen molar-refractivity contribution in [2.24, 2.45) is 0 Å². The third-order valence-electron chi connectivity index (χ3n) is 3.91. The van der Waals surface area contributed by atoms with E-state index in [4.69, 9.17) is 26.4 Å². The first-order valence-electron chi connectivity index (χ1n) is 9.78. The molecule has 0 unspecified atom stereocenters. The Labute approximate surface area is 177 Å². The molecule has 0 aliphatic rings. The molecule has 0 heterocycles. The molecule has 2 rings (SSSR count). The van der Waals surface area contributed by atoms with Gasteiger partial charge in [0.2, 0.25) is 0 Å². The number of hydrogen-bond acceptors (Lipinski definition) is 5. The Morgan fingerprint density at radius 1 is 1.00 bits per heavy atom. The minimum Gasteiger partial charge on any atom is -0.494 e. The van der Waals surface area contributed by atoms with Crippen LogP contribution in [0.4, 0.5) is 5.69 Å². The predicted octanol–water partition coefficient (Wildman–Crippen LogP) is 4.41. The zero-order chi connectivity index (χ0) is 20.9. The monoisotopic (exact) mass is 416 g/mol. The molecule has 0 radical (unpaired) electrons. The Hall–Kier alpha value is -2.64. The number of para-hydroxylation sites is 1. The average molecular weight is 417 g/mol. The zero-order valence-electron chi connectivity index (χ0n) is 16.9. The van der Waals surface area contributed by atoms with Crippen molar-refractivity contribution in [2.75, 3.05) is 31.7 Å². The standard InChI is InChI=1S/C22H28N2O4S/c1-3-5-13-27-18-10-8-9-17(16-18)23-22(29)24-21(25)19-11-6-7-12-20(19)28-15-14-26-4-2/h6-12,16H,3-5,13-15H2,1-2H3,(H2,23,24,25,29). The minimum atomic E-state index is -0.343. The molecule has 0 aliphatic heterocycles. The predicted molar refractivity (Wildman–Crippen MR) is 119 cm³/mol. The summed E-state index contributed by atoms with van der Waals surface area (Å²) in [6, 6.07) is 14.5. The van der Waals surface area contributed by atoms with E-state index in [9.17, 15) is 4.79 Å². The highest BCUT2D eigenvalue weighted by atomic mass is 32.1. The molecule has 0 atom stereocenters. The molecule has 2 aromatic rings. The van der Waals surface area contributed by atoms with Crippen LogP contribution in [0.25, 0.3) is 0 Å². The fraction of sp³-hybridized carbons (Fsp3) is 0.364. The molecular weight excluding hydrogens is 388 g/mol. The van der Waals surface area contributed by atoms with Gasteiger partial charge in [0.05, 0.1) is 18.8 Å². The summed E-state index contributed by atoms with van der Waals surface area (Å²) in [6.07, 6.45) is 2.07. The summed E-state index contributed by atoms with van der Waals surface area (Å²) in [4.78, 5) is 12.6. The number of ether oxygens (including phenoxy) is 3.